The van der Waals surface area contributed by atoms with Gasteiger partial charge in [0, 0.05) is 25.1 Å². The van der Waals surface area contributed by atoms with Gasteiger partial charge in [-0.2, -0.15) is 0 Å². The molecule has 0 aliphatic heterocycles. The average Bonchev–Trinajstić information content (AvgIpc) is 2.73. The second-order valence-electron chi connectivity index (χ2n) is 4.63. The standard InChI is InChI=1S/C12H23NO2/c1-2-13(8-5-9-14)10-12(11-15)6-3-4-7-12/h11,14H,2-10H2,1H3. The summed E-state index contributed by atoms with van der Waals surface area (Å²) in [7, 11) is 0. The lowest BCUT2D eigenvalue weighted by molar-refractivity contribution is -0.117. The van der Waals surface area contributed by atoms with E-state index < -0.39 is 0 Å². The molecule has 1 N–H and O–H groups in total. The van der Waals surface area contributed by atoms with Crippen LogP contribution in [0.2, 0.25) is 0 Å². The summed E-state index contributed by atoms with van der Waals surface area (Å²) >= 11 is 0. The summed E-state index contributed by atoms with van der Waals surface area (Å²) in [5.74, 6) is 0. The number of nitrogens with zero attached hydrogens (tertiary/aromatic N) is 1. The maximum atomic E-state index is 11.2. The van der Waals surface area contributed by atoms with Crippen molar-refractivity contribution in [3.05, 3.63) is 0 Å². The van der Waals surface area contributed by atoms with Crippen molar-refractivity contribution < 1.29 is 9.90 Å². The first-order chi connectivity index (χ1) is 7.26. The van der Waals surface area contributed by atoms with Gasteiger partial charge in [0.1, 0.15) is 6.29 Å². The highest BCUT2D eigenvalue weighted by molar-refractivity contribution is 5.60. The van der Waals surface area contributed by atoms with E-state index in [1.165, 1.54) is 19.1 Å². The highest BCUT2D eigenvalue weighted by Crippen LogP contribution is 2.36. The Labute approximate surface area is 92.5 Å². The number of hydrogen-bond donors (Lipinski definition) is 1. The van der Waals surface area contributed by atoms with Gasteiger partial charge in [0.15, 0.2) is 0 Å². The van der Waals surface area contributed by atoms with E-state index in [9.17, 15) is 4.79 Å². The molecule has 1 fully saturated rings. The van der Waals surface area contributed by atoms with Crippen LogP contribution in [0.25, 0.3) is 0 Å². The predicted octanol–water partition coefficient (Wildman–Crippen LogP) is 1.45. The molecule has 0 heterocycles. The highest BCUT2D eigenvalue weighted by atomic mass is 16.3. The number of hydrogen-bond acceptors (Lipinski definition) is 3. The number of rotatable bonds is 7. The summed E-state index contributed by atoms with van der Waals surface area (Å²) in [6.07, 6.45) is 6.45. The van der Waals surface area contributed by atoms with E-state index in [2.05, 4.69) is 11.8 Å². The van der Waals surface area contributed by atoms with Gasteiger partial charge < -0.3 is 14.8 Å². The monoisotopic (exact) mass is 213 g/mol. The molecular weight excluding hydrogens is 190 g/mol. The van der Waals surface area contributed by atoms with Crippen LogP contribution in [-0.2, 0) is 4.79 Å². The van der Waals surface area contributed by atoms with Crippen molar-refractivity contribution >= 4 is 6.29 Å². The van der Waals surface area contributed by atoms with E-state index in [1.54, 1.807) is 0 Å². The molecule has 1 aliphatic rings. The lowest BCUT2D eigenvalue weighted by Crippen LogP contribution is -2.38. The molecule has 1 rings (SSSR count). The molecule has 0 aromatic heterocycles. The Morgan fingerprint density at radius 1 is 1.40 bits per heavy atom. The lowest BCUT2D eigenvalue weighted by atomic mass is 9.87. The van der Waals surface area contributed by atoms with E-state index >= 15 is 0 Å². The molecule has 1 aliphatic carbocycles. The van der Waals surface area contributed by atoms with E-state index in [-0.39, 0.29) is 12.0 Å². The van der Waals surface area contributed by atoms with Crippen molar-refractivity contribution in [2.45, 2.75) is 39.0 Å². The average molecular weight is 213 g/mol. The largest absolute Gasteiger partial charge is 0.396 e. The third-order valence-corrected chi connectivity index (χ3v) is 3.47. The summed E-state index contributed by atoms with van der Waals surface area (Å²) in [4.78, 5) is 13.5. The van der Waals surface area contributed by atoms with Crippen LogP contribution in [0.3, 0.4) is 0 Å². The first-order valence-electron chi connectivity index (χ1n) is 6.06. The number of carbonyl (C=O) groups excluding carboxylic acids is 1. The molecular formula is C12H23NO2. The Bertz CT molecular complexity index is 188. The van der Waals surface area contributed by atoms with Gasteiger partial charge in [0.05, 0.1) is 0 Å². The molecule has 0 saturated heterocycles. The van der Waals surface area contributed by atoms with Crippen molar-refractivity contribution in [3.8, 4) is 0 Å². The zero-order valence-corrected chi connectivity index (χ0v) is 9.74. The van der Waals surface area contributed by atoms with Crippen molar-refractivity contribution in [1.29, 1.82) is 0 Å². The summed E-state index contributed by atoms with van der Waals surface area (Å²) in [6, 6.07) is 0. The van der Waals surface area contributed by atoms with Crippen LogP contribution >= 0.6 is 0 Å². The molecule has 88 valence electrons. The SMILES string of the molecule is CCN(CCCO)CC1(C=O)CCCC1. The topological polar surface area (TPSA) is 40.5 Å². The molecule has 0 atom stereocenters. The Kier molecular flexibility index (Phi) is 5.26. The van der Waals surface area contributed by atoms with Gasteiger partial charge in [0.25, 0.3) is 0 Å². The Morgan fingerprint density at radius 3 is 2.53 bits per heavy atom. The molecule has 0 unspecified atom stereocenters. The molecule has 0 spiro atoms. The van der Waals surface area contributed by atoms with Gasteiger partial charge in [-0.15, -0.1) is 0 Å². The molecule has 3 nitrogen and oxygen atoms in total. The molecule has 1 saturated carbocycles. The predicted molar refractivity (Wildman–Crippen MR) is 60.8 cm³/mol. The fourth-order valence-electron chi connectivity index (χ4n) is 2.48. The first kappa shape index (κ1) is 12.7. The third-order valence-electron chi connectivity index (χ3n) is 3.47. The smallest absolute Gasteiger partial charge is 0.127 e. The second kappa shape index (κ2) is 6.23. The van der Waals surface area contributed by atoms with Crippen molar-refractivity contribution in [2.75, 3.05) is 26.2 Å². The van der Waals surface area contributed by atoms with Gasteiger partial charge in [-0.3, -0.25) is 0 Å². The molecule has 3 heteroatoms. The van der Waals surface area contributed by atoms with Crippen LogP contribution in [-0.4, -0.2) is 42.5 Å². The van der Waals surface area contributed by atoms with Gasteiger partial charge in [-0.05, 0) is 25.8 Å². The molecule has 15 heavy (non-hydrogen) atoms. The van der Waals surface area contributed by atoms with Crippen molar-refractivity contribution in [1.82, 2.24) is 4.90 Å². The van der Waals surface area contributed by atoms with Gasteiger partial charge in [-0.25, -0.2) is 0 Å². The van der Waals surface area contributed by atoms with Crippen LogP contribution in [0.5, 0.6) is 0 Å². The van der Waals surface area contributed by atoms with Gasteiger partial charge >= 0.3 is 0 Å². The molecule has 0 amide bonds. The van der Waals surface area contributed by atoms with E-state index in [0.29, 0.717) is 0 Å². The van der Waals surface area contributed by atoms with Crippen molar-refractivity contribution in [3.63, 3.8) is 0 Å². The van der Waals surface area contributed by atoms with Crippen LogP contribution in [0.1, 0.15) is 39.0 Å². The maximum absolute atomic E-state index is 11.2. The molecule has 0 radical (unpaired) electrons. The minimum absolute atomic E-state index is 0.0779. The van der Waals surface area contributed by atoms with Gasteiger partial charge in [-0.1, -0.05) is 19.8 Å². The first-order valence-corrected chi connectivity index (χ1v) is 6.06. The van der Waals surface area contributed by atoms with Crippen molar-refractivity contribution in [2.24, 2.45) is 5.41 Å². The normalized spacial score (nSPS) is 19.7. The number of aliphatic hydroxyl groups excluding tert-OH is 1. The minimum Gasteiger partial charge on any atom is -0.396 e. The molecule has 0 aromatic carbocycles. The van der Waals surface area contributed by atoms with E-state index in [0.717, 1.165) is 38.9 Å². The quantitative estimate of drug-likeness (QED) is 0.651. The fourth-order valence-corrected chi connectivity index (χ4v) is 2.48. The summed E-state index contributed by atoms with van der Waals surface area (Å²) < 4.78 is 0. The summed E-state index contributed by atoms with van der Waals surface area (Å²) in [6.45, 7) is 5.11. The Balaban J connectivity index is 2.44. The highest BCUT2D eigenvalue weighted by Gasteiger charge is 2.34. The lowest BCUT2D eigenvalue weighted by Gasteiger charge is -2.30. The van der Waals surface area contributed by atoms with Crippen LogP contribution in [0, 0.1) is 5.41 Å². The number of aliphatic hydroxyl groups is 1. The number of aldehydes is 1. The van der Waals surface area contributed by atoms with Crippen LogP contribution < -0.4 is 0 Å². The zero-order chi connectivity index (χ0) is 11.1. The maximum Gasteiger partial charge on any atom is 0.127 e. The molecule has 0 aromatic rings. The van der Waals surface area contributed by atoms with E-state index in [4.69, 9.17) is 5.11 Å². The number of carbonyl (C=O) groups is 1. The summed E-state index contributed by atoms with van der Waals surface area (Å²) in [5.41, 5.74) is -0.0779. The minimum atomic E-state index is -0.0779. The van der Waals surface area contributed by atoms with Gasteiger partial charge in [0.2, 0.25) is 0 Å². The third kappa shape index (κ3) is 3.58. The zero-order valence-electron chi connectivity index (χ0n) is 9.74. The van der Waals surface area contributed by atoms with Crippen LogP contribution in [0.4, 0.5) is 0 Å². The summed E-state index contributed by atoms with van der Waals surface area (Å²) in [5, 5.41) is 8.80. The molecule has 0 bridgehead atoms. The fraction of sp³-hybridized carbons (Fsp3) is 0.917. The Hall–Kier alpha value is -0.410. The van der Waals surface area contributed by atoms with Crippen LogP contribution in [0.15, 0.2) is 0 Å². The van der Waals surface area contributed by atoms with E-state index in [1.807, 2.05) is 0 Å². The Morgan fingerprint density at radius 2 is 2.07 bits per heavy atom. The second-order valence-corrected chi connectivity index (χ2v) is 4.63.